The average molecular weight is 349 g/mol. The van der Waals surface area contributed by atoms with E-state index in [9.17, 15) is 0 Å². The average Bonchev–Trinajstić information content (AvgIpc) is 3.28. The molecule has 3 saturated heterocycles. The molecule has 0 aromatic heterocycles. The van der Waals surface area contributed by atoms with Crippen molar-refractivity contribution < 1.29 is 0 Å². The summed E-state index contributed by atoms with van der Waals surface area (Å²) in [6, 6.07) is 9.64. The summed E-state index contributed by atoms with van der Waals surface area (Å²) in [6.45, 7) is 8.24. The van der Waals surface area contributed by atoms with E-state index in [1.165, 1.54) is 51.1 Å². The van der Waals surface area contributed by atoms with Crippen LogP contribution in [0.5, 0.6) is 0 Å². The zero-order chi connectivity index (χ0) is 16.4. The van der Waals surface area contributed by atoms with Crippen molar-refractivity contribution in [2.24, 2.45) is 5.92 Å². The lowest BCUT2D eigenvalue weighted by molar-refractivity contribution is 0.270. The first-order chi connectivity index (χ1) is 11.8. The first-order valence-corrected chi connectivity index (χ1v) is 9.85. The highest BCUT2D eigenvalue weighted by Crippen LogP contribution is 2.25. The lowest BCUT2D eigenvalue weighted by Gasteiger charge is -2.38. The number of piperazine rings is 1. The molecule has 2 N–H and O–H groups in total. The zero-order valence-electron chi connectivity index (χ0n) is 14.4. The Morgan fingerprint density at radius 2 is 1.88 bits per heavy atom. The fourth-order valence-electron chi connectivity index (χ4n) is 4.56. The second-order valence-corrected chi connectivity index (χ2v) is 8.02. The van der Waals surface area contributed by atoms with Crippen LogP contribution in [0.3, 0.4) is 0 Å². The van der Waals surface area contributed by atoms with Crippen molar-refractivity contribution >= 4 is 17.3 Å². The number of nitrogens with zero attached hydrogens (tertiary/aromatic N) is 2. The third-order valence-electron chi connectivity index (χ3n) is 5.92. The molecular formula is C19H29ClN4. The summed E-state index contributed by atoms with van der Waals surface area (Å²) in [5.74, 6) is 0.779. The highest BCUT2D eigenvalue weighted by Gasteiger charge is 2.33. The van der Waals surface area contributed by atoms with Gasteiger partial charge in [-0.2, -0.15) is 0 Å². The van der Waals surface area contributed by atoms with Crippen LogP contribution in [-0.2, 0) is 0 Å². The van der Waals surface area contributed by atoms with Crippen molar-refractivity contribution in [3.63, 3.8) is 0 Å². The van der Waals surface area contributed by atoms with Gasteiger partial charge in [-0.25, -0.2) is 0 Å². The molecule has 3 fully saturated rings. The third-order valence-corrected chi connectivity index (χ3v) is 6.17. The molecule has 24 heavy (non-hydrogen) atoms. The monoisotopic (exact) mass is 348 g/mol. The van der Waals surface area contributed by atoms with Crippen molar-refractivity contribution in [3.05, 3.63) is 29.3 Å². The Morgan fingerprint density at radius 3 is 2.67 bits per heavy atom. The Bertz CT molecular complexity index is 529. The lowest BCUT2D eigenvalue weighted by atomic mass is 9.96. The zero-order valence-corrected chi connectivity index (χ0v) is 15.1. The van der Waals surface area contributed by atoms with E-state index in [2.05, 4.69) is 32.6 Å². The van der Waals surface area contributed by atoms with Gasteiger partial charge in [0.1, 0.15) is 0 Å². The number of benzene rings is 1. The van der Waals surface area contributed by atoms with Gasteiger partial charge in [0, 0.05) is 55.5 Å². The Hall–Kier alpha value is -0.810. The number of hydrogen-bond donors (Lipinski definition) is 2. The second-order valence-electron chi connectivity index (χ2n) is 7.58. The normalized spacial score (nSPS) is 31.7. The van der Waals surface area contributed by atoms with E-state index in [-0.39, 0.29) is 0 Å². The Morgan fingerprint density at radius 1 is 1.00 bits per heavy atom. The molecule has 3 atom stereocenters. The molecule has 0 bridgehead atoms. The molecule has 0 saturated carbocycles. The van der Waals surface area contributed by atoms with Gasteiger partial charge in [0.2, 0.25) is 0 Å². The van der Waals surface area contributed by atoms with E-state index in [1.807, 2.05) is 12.1 Å². The molecular weight excluding hydrogens is 320 g/mol. The minimum atomic E-state index is 0.607. The van der Waals surface area contributed by atoms with E-state index in [4.69, 9.17) is 11.6 Å². The molecule has 1 aromatic rings. The summed E-state index contributed by atoms with van der Waals surface area (Å²) >= 11 is 6.03. The van der Waals surface area contributed by atoms with Gasteiger partial charge < -0.3 is 20.4 Å². The third kappa shape index (κ3) is 3.88. The number of likely N-dealkylation sites (tertiary alicyclic amines) is 1. The summed E-state index contributed by atoms with van der Waals surface area (Å²) in [6.07, 6.45) is 4.04. The molecule has 0 amide bonds. The summed E-state index contributed by atoms with van der Waals surface area (Å²) in [5.41, 5.74) is 1.30. The van der Waals surface area contributed by atoms with E-state index >= 15 is 0 Å². The van der Waals surface area contributed by atoms with Crippen LogP contribution in [0.25, 0.3) is 0 Å². The fraction of sp³-hybridized carbons (Fsp3) is 0.684. The number of rotatable bonds is 4. The maximum absolute atomic E-state index is 6.03. The minimum absolute atomic E-state index is 0.607. The summed E-state index contributed by atoms with van der Waals surface area (Å²) in [4.78, 5) is 5.19. The van der Waals surface area contributed by atoms with Crippen molar-refractivity contribution in [1.29, 1.82) is 0 Å². The van der Waals surface area contributed by atoms with Gasteiger partial charge in [-0.05, 0) is 62.5 Å². The van der Waals surface area contributed by atoms with Crippen LogP contribution in [0.1, 0.15) is 19.3 Å². The molecule has 4 nitrogen and oxygen atoms in total. The van der Waals surface area contributed by atoms with Crippen molar-refractivity contribution in [3.8, 4) is 0 Å². The largest absolute Gasteiger partial charge is 0.369 e. The Labute approximate surface area is 150 Å². The van der Waals surface area contributed by atoms with Gasteiger partial charge in [0.25, 0.3) is 0 Å². The van der Waals surface area contributed by atoms with E-state index in [0.29, 0.717) is 6.04 Å². The van der Waals surface area contributed by atoms with Crippen LogP contribution in [0, 0.1) is 5.92 Å². The van der Waals surface area contributed by atoms with Gasteiger partial charge in [-0.3, -0.25) is 0 Å². The fourth-order valence-corrected chi connectivity index (χ4v) is 4.69. The van der Waals surface area contributed by atoms with Crippen molar-refractivity contribution in [2.45, 2.75) is 31.3 Å². The van der Waals surface area contributed by atoms with Gasteiger partial charge in [-0.1, -0.05) is 11.6 Å². The predicted molar refractivity (Wildman–Crippen MR) is 101 cm³/mol. The van der Waals surface area contributed by atoms with Crippen LogP contribution in [0.15, 0.2) is 24.3 Å². The summed E-state index contributed by atoms with van der Waals surface area (Å²) < 4.78 is 0. The highest BCUT2D eigenvalue weighted by molar-refractivity contribution is 6.30. The topological polar surface area (TPSA) is 30.5 Å². The summed E-state index contributed by atoms with van der Waals surface area (Å²) in [5, 5.41) is 8.23. The number of anilines is 1. The molecule has 0 aliphatic carbocycles. The molecule has 132 valence electrons. The highest BCUT2D eigenvalue weighted by atomic mass is 35.5. The second kappa shape index (κ2) is 7.61. The number of nitrogens with one attached hydrogen (secondary N) is 2. The standard InChI is InChI=1S/C19H29ClN4/c20-16-3-5-18(6-4-16)24-11-9-22-19(14-24)15-7-10-23(12-15)13-17-2-1-8-21-17/h3-6,15,17,19,21-22H,1-2,7-14H2. The van der Waals surface area contributed by atoms with Crippen LogP contribution in [0.4, 0.5) is 5.69 Å². The minimum Gasteiger partial charge on any atom is -0.369 e. The SMILES string of the molecule is Clc1ccc(N2CCNC(C3CCN(CC4CCCN4)C3)C2)cc1. The molecule has 1 aromatic carbocycles. The van der Waals surface area contributed by atoms with E-state index in [0.717, 1.165) is 36.6 Å². The smallest absolute Gasteiger partial charge is 0.0407 e. The first kappa shape index (κ1) is 16.6. The Kier molecular flexibility index (Phi) is 5.28. The maximum Gasteiger partial charge on any atom is 0.0407 e. The molecule has 0 spiro atoms. The quantitative estimate of drug-likeness (QED) is 0.873. The van der Waals surface area contributed by atoms with Gasteiger partial charge >= 0.3 is 0 Å². The predicted octanol–water partition coefficient (Wildman–Crippen LogP) is 2.19. The van der Waals surface area contributed by atoms with Crippen LogP contribution in [-0.4, -0.2) is 62.8 Å². The lowest BCUT2D eigenvalue weighted by Crippen LogP contribution is -2.54. The van der Waals surface area contributed by atoms with Gasteiger partial charge in [0.15, 0.2) is 0 Å². The van der Waals surface area contributed by atoms with Crippen LogP contribution < -0.4 is 15.5 Å². The van der Waals surface area contributed by atoms with Crippen LogP contribution >= 0.6 is 11.6 Å². The maximum atomic E-state index is 6.03. The molecule has 0 radical (unpaired) electrons. The molecule has 3 unspecified atom stereocenters. The molecule has 3 heterocycles. The molecule has 4 rings (SSSR count). The first-order valence-electron chi connectivity index (χ1n) is 9.47. The number of hydrogen-bond acceptors (Lipinski definition) is 4. The Balaban J connectivity index is 1.32. The number of halogens is 1. The van der Waals surface area contributed by atoms with E-state index < -0.39 is 0 Å². The molecule has 5 heteroatoms. The summed E-state index contributed by atoms with van der Waals surface area (Å²) in [7, 11) is 0. The van der Waals surface area contributed by atoms with Gasteiger partial charge in [0.05, 0.1) is 0 Å². The van der Waals surface area contributed by atoms with Crippen molar-refractivity contribution in [1.82, 2.24) is 15.5 Å². The van der Waals surface area contributed by atoms with Gasteiger partial charge in [-0.15, -0.1) is 0 Å². The molecule has 3 aliphatic rings. The van der Waals surface area contributed by atoms with E-state index in [1.54, 1.807) is 0 Å². The molecule has 3 aliphatic heterocycles. The van der Waals surface area contributed by atoms with Crippen molar-refractivity contribution in [2.75, 3.05) is 50.7 Å². The van der Waals surface area contributed by atoms with Crippen LogP contribution in [0.2, 0.25) is 5.02 Å².